The van der Waals surface area contributed by atoms with Crippen molar-refractivity contribution in [1.82, 2.24) is 9.78 Å². The molecular formula is C16H20BrN3. The maximum absolute atomic E-state index is 4.46. The molecule has 1 heterocycles. The van der Waals surface area contributed by atoms with Gasteiger partial charge in [0.15, 0.2) is 0 Å². The summed E-state index contributed by atoms with van der Waals surface area (Å²) < 4.78 is 3.10. The summed E-state index contributed by atoms with van der Waals surface area (Å²) >= 11 is 3.49. The van der Waals surface area contributed by atoms with Gasteiger partial charge in [-0.15, -0.1) is 0 Å². The van der Waals surface area contributed by atoms with Crippen LogP contribution in [0.15, 0.2) is 28.7 Å². The second-order valence-electron chi connectivity index (χ2n) is 5.73. The van der Waals surface area contributed by atoms with E-state index in [0.717, 1.165) is 10.2 Å². The number of aryl methyl sites for hydroxylation is 2. The van der Waals surface area contributed by atoms with Crippen molar-refractivity contribution in [1.29, 1.82) is 0 Å². The number of hydrogen-bond acceptors (Lipinski definition) is 2. The molecule has 3 rings (SSSR count). The zero-order chi connectivity index (χ0) is 14.3. The highest BCUT2D eigenvalue weighted by Gasteiger charge is 2.31. The molecule has 1 saturated carbocycles. The van der Waals surface area contributed by atoms with E-state index in [-0.39, 0.29) is 0 Å². The lowest BCUT2D eigenvalue weighted by Gasteiger charge is -2.37. The zero-order valence-electron chi connectivity index (χ0n) is 12.2. The van der Waals surface area contributed by atoms with Gasteiger partial charge in [0.2, 0.25) is 0 Å². The average Bonchev–Trinajstić information content (AvgIpc) is 2.60. The molecule has 1 fully saturated rings. The summed E-state index contributed by atoms with van der Waals surface area (Å²) in [4.78, 5) is 0. The van der Waals surface area contributed by atoms with Crippen molar-refractivity contribution in [2.45, 2.75) is 38.6 Å². The molecule has 2 aromatic rings. The Labute approximate surface area is 128 Å². The molecule has 3 nitrogen and oxygen atoms in total. The van der Waals surface area contributed by atoms with Gasteiger partial charge in [0, 0.05) is 17.6 Å². The fourth-order valence-electron chi connectivity index (χ4n) is 2.93. The minimum atomic E-state index is 0.574. The molecule has 1 N–H and O–H groups in total. The van der Waals surface area contributed by atoms with Crippen LogP contribution in [-0.4, -0.2) is 15.8 Å². The minimum Gasteiger partial charge on any atom is -0.379 e. The number of rotatable bonds is 3. The Morgan fingerprint density at radius 2 is 1.85 bits per heavy atom. The number of aromatic nitrogens is 2. The van der Waals surface area contributed by atoms with E-state index in [4.69, 9.17) is 0 Å². The van der Waals surface area contributed by atoms with Crippen LogP contribution in [0.25, 0.3) is 0 Å². The predicted molar refractivity (Wildman–Crippen MR) is 86.2 cm³/mol. The average molecular weight is 334 g/mol. The Balaban J connectivity index is 1.62. The van der Waals surface area contributed by atoms with Crippen LogP contribution in [0.3, 0.4) is 0 Å². The fourth-order valence-corrected chi connectivity index (χ4v) is 3.19. The smallest absolute Gasteiger partial charge is 0.0827 e. The standard InChI is InChI=1S/C16H20BrN3/c1-10-16(11(2)20(3)19-10)18-15-8-13(9-15)12-4-6-14(17)7-5-12/h4-7,13,15,18H,8-9H2,1-3H3. The fraction of sp³-hybridized carbons (Fsp3) is 0.438. The van der Waals surface area contributed by atoms with Crippen LogP contribution in [0.5, 0.6) is 0 Å². The molecule has 1 aromatic carbocycles. The van der Waals surface area contributed by atoms with E-state index in [1.54, 1.807) is 0 Å². The summed E-state index contributed by atoms with van der Waals surface area (Å²) in [6.45, 7) is 4.19. The van der Waals surface area contributed by atoms with Crippen molar-refractivity contribution in [3.63, 3.8) is 0 Å². The third-order valence-electron chi connectivity index (χ3n) is 4.34. The lowest BCUT2D eigenvalue weighted by atomic mass is 9.76. The van der Waals surface area contributed by atoms with Crippen molar-refractivity contribution in [2.24, 2.45) is 7.05 Å². The van der Waals surface area contributed by atoms with Crippen LogP contribution >= 0.6 is 15.9 Å². The van der Waals surface area contributed by atoms with Gasteiger partial charge in [0.1, 0.15) is 0 Å². The number of nitrogens with zero attached hydrogens (tertiary/aromatic N) is 2. The van der Waals surface area contributed by atoms with Crippen molar-refractivity contribution in [3.05, 3.63) is 45.7 Å². The van der Waals surface area contributed by atoms with Gasteiger partial charge >= 0.3 is 0 Å². The maximum atomic E-state index is 4.46. The Morgan fingerprint density at radius 3 is 2.40 bits per heavy atom. The zero-order valence-corrected chi connectivity index (χ0v) is 13.7. The first-order valence-electron chi connectivity index (χ1n) is 7.07. The van der Waals surface area contributed by atoms with Gasteiger partial charge in [-0.1, -0.05) is 28.1 Å². The topological polar surface area (TPSA) is 29.9 Å². The van der Waals surface area contributed by atoms with Gasteiger partial charge in [-0.2, -0.15) is 5.10 Å². The molecular weight excluding hydrogens is 314 g/mol. The molecule has 1 aliphatic rings. The van der Waals surface area contributed by atoms with E-state index < -0.39 is 0 Å². The maximum Gasteiger partial charge on any atom is 0.0827 e. The molecule has 1 aromatic heterocycles. The van der Waals surface area contributed by atoms with Gasteiger partial charge in [0.25, 0.3) is 0 Å². The van der Waals surface area contributed by atoms with Gasteiger partial charge < -0.3 is 5.32 Å². The summed E-state index contributed by atoms with van der Waals surface area (Å²) in [5.41, 5.74) is 4.98. The largest absolute Gasteiger partial charge is 0.379 e. The summed E-state index contributed by atoms with van der Waals surface area (Å²) in [5.74, 6) is 0.692. The van der Waals surface area contributed by atoms with Crippen LogP contribution < -0.4 is 5.32 Å². The third kappa shape index (κ3) is 2.49. The first kappa shape index (κ1) is 13.7. The van der Waals surface area contributed by atoms with Crippen molar-refractivity contribution >= 4 is 21.6 Å². The van der Waals surface area contributed by atoms with Crippen LogP contribution in [-0.2, 0) is 7.05 Å². The second-order valence-corrected chi connectivity index (χ2v) is 6.65. The Kier molecular flexibility index (Phi) is 3.59. The second kappa shape index (κ2) is 5.24. The van der Waals surface area contributed by atoms with Gasteiger partial charge in [0.05, 0.1) is 17.1 Å². The molecule has 4 heteroatoms. The Morgan fingerprint density at radius 1 is 1.20 bits per heavy atom. The first-order chi connectivity index (χ1) is 9.54. The first-order valence-corrected chi connectivity index (χ1v) is 7.86. The molecule has 0 amide bonds. The normalized spacial score (nSPS) is 21.6. The molecule has 0 atom stereocenters. The van der Waals surface area contributed by atoms with Crippen LogP contribution in [0, 0.1) is 13.8 Å². The molecule has 20 heavy (non-hydrogen) atoms. The Bertz CT molecular complexity index is 609. The number of benzene rings is 1. The van der Waals surface area contributed by atoms with Crippen LogP contribution in [0.2, 0.25) is 0 Å². The predicted octanol–water partition coefficient (Wildman–Crippen LogP) is 4.16. The van der Waals surface area contributed by atoms with Crippen LogP contribution in [0.1, 0.15) is 35.7 Å². The highest BCUT2D eigenvalue weighted by Crippen LogP contribution is 2.39. The third-order valence-corrected chi connectivity index (χ3v) is 4.87. The van der Waals surface area contributed by atoms with E-state index in [9.17, 15) is 0 Å². The summed E-state index contributed by atoms with van der Waals surface area (Å²) in [7, 11) is 2.00. The van der Waals surface area contributed by atoms with E-state index in [1.165, 1.54) is 29.8 Å². The molecule has 0 bridgehead atoms. The summed E-state index contributed by atoms with van der Waals surface area (Å²) in [5, 5.41) is 8.11. The lowest BCUT2D eigenvalue weighted by molar-refractivity contribution is 0.374. The summed E-state index contributed by atoms with van der Waals surface area (Å²) in [6.07, 6.45) is 2.41. The monoisotopic (exact) mass is 333 g/mol. The van der Waals surface area contributed by atoms with E-state index in [2.05, 4.69) is 64.5 Å². The number of hydrogen-bond donors (Lipinski definition) is 1. The molecule has 0 unspecified atom stereocenters. The highest BCUT2D eigenvalue weighted by molar-refractivity contribution is 9.10. The molecule has 0 aliphatic heterocycles. The van der Waals surface area contributed by atoms with Gasteiger partial charge in [-0.05, 0) is 50.3 Å². The molecule has 0 spiro atoms. The summed E-state index contributed by atoms with van der Waals surface area (Å²) in [6, 6.07) is 9.29. The van der Waals surface area contributed by atoms with E-state index in [1.807, 2.05) is 11.7 Å². The minimum absolute atomic E-state index is 0.574. The van der Waals surface area contributed by atoms with Gasteiger partial charge in [-0.3, -0.25) is 4.68 Å². The molecule has 1 aliphatic carbocycles. The molecule has 106 valence electrons. The van der Waals surface area contributed by atoms with Gasteiger partial charge in [-0.25, -0.2) is 0 Å². The van der Waals surface area contributed by atoms with Crippen LogP contribution in [0.4, 0.5) is 5.69 Å². The van der Waals surface area contributed by atoms with E-state index >= 15 is 0 Å². The van der Waals surface area contributed by atoms with Crippen molar-refractivity contribution in [3.8, 4) is 0 Å². The lowest BCUT2D eigenvalue weighted by Crippen LogP contribution is -2.34. The number of anilines is 1. The SMILES string of the molecule is Cc1nn(C)c(C)c1NC1CC(c2ccc(Br)cc2)C1. The number of nitrogens with one attached hydrogen (secondary N) is 1. The molecule has 0 radical (unpaired) electrons. The van der Waals surface area contributed by atoms with Crippen molar-refractivity contribution < 1.29 is 0 Å². The highest BCUT2D eigenvalue weighted by atomic mass is 79.9. The Hall–Kier alpha value is -1.29. The molecule has 0 saturated heterocycles. The van der Waals surface area contributed by atoms with E-state index in [0.29, 0.717) is 12.0 Å². The quantitative estimate of drug-likeness (QED) is 0.913. The van der Waals surface area contributed by atoms with Crippen molar-refractivity contribution in [2.75, 3.05) is 5.32 Å². The number of halogens is 1.